The quantitative estimate of drug-likeness (QED) is 0.222. The number of hydrogen-bond donors (Lipinski definition) is 0. The van der Waals surface area contributed by atoms with Crippen molar-refractivity contribution in [1.82, 2.24) is 9.55 Å². The Kier molecular flexibility index (Phi) is 8.95. The average molecular weight is 527 g/mol. The van der Waals surface area contributed by atoms with Crippen molar-refractivity contribution in [3.8, 4) is 0 Å². The lowest BCUT2D eigenvalue weighted by molar-refractivity contribution is 0.710. The Bertz CT molecular complexity index is 1290. The van der Waals surface area contributed by atoms with Crippen LogP contribution in [-0.2, 0) is 6.17 Å². The van der Waals surface area contributed by atoms with E-state index in [1.165, 1.54) is 40.2 Å². The van der Waals surface area contributed by atoms with Crippen LogP contribution in [0.5, 0.6) is 0 Å². The van der Waals surface area contributed by atoms with Crippen molar-refractivity contribution in [3.05, 3.63) is 140 Å². The van der Waals surface area contributed by atoms with Crippen LogP contribution in [-0.4, -0.2) is 24.3 Å². The first kappa shape index (κ1) is 27.0. The first-order valence-electron chi connectivity index (χ1n) is 14.3. The molecule has 196 valence electrons. The lowest BCUT2D eigenvalue weighted by Gasteiger charge is -2.35. The molecule has 1 aliphatic rings. The molecular weight excluding hydrogens is 487 g/mol. The fourth-order valence-electron chi connectivity index (χ4n) is 6.04. The monoisotopic (exact) mass is 526 g/mol. The smallest absolute Gasteiger partial charge is 0.212 e. The highest BCUT2D eigenvalue weighted by Gasteiger charge is 2.38. The molecule has 0 bridgehead atoms. The highest BCUT2D eigenvalue weighted by Crippen LogP contribution is 2.38. The molecule has 1 saturated carbocycles. The predicted octanol–water partition coefficient (Wildman–Crippen LogP) is 5.80. The first-order chi connectivity index (χ1) is 19.2. The van der Waals surface area contributed by atoms with E-state index in [2.05, 4.69) is 151 Å². The Morgan fingerprint density at radius 1 is 0.718 bits per heavy atom. The summed E-state index contributed by atoms with van der Waals surface area (Å²) < 4.78 is 2.26. The van der Waals surface area contributed by atoms with Gasteiger partial charge in [-0.3, -0.25) is 0 Å². The van der Waals surface area contributed by atoms with E-state index in [0.717, 1.165) is 12.0 Å². The van der Waals surface area contributed by atoms with Crippen LogP contribution >= 0.6 is 0 Å². The Morgan fingerprint density at radius 2 is 1.18 bits per heavy atom. The summed E-state index contributed by atoms with van der Waals surface area (Å²) in [6.45, 7) is 5.28. The molecule has 0 N–H and O–H groups in total. The highest BCUT2D eigenvalue weighted by atomic mass is 28.3. The van der Waals surface area contributed by atoms with Gasteiger partial charge in [0.2, 0.25) is 6.71 Å². The minimum Gasteiger partial charge on any atom is -0.340 e. The van der Waals surface area contributed by atoms with Crippen LogP contribution in [0.3, 0.4) is 0 Å². The lowest BCUT2D eigenvalue weighted by Crippen LogP contribution is -2.62. The van der Waals surface area contributed by atoms with Gasteiger partial charge in [-0.15, -0.1) is 0 Å². The number of imidazole rings is 1. The van der Waals surface area contributed by atoms with Gasteiger partial charge in [-0.25, -0.2) is 4.98 Å². The van der Waals surface area contributed by atoms with E-state index in [1.54, 1.807) is 0 Å². The zero-order valence-electron chi connectivity index (χ0n) is 23.2. The second kappa shape index (κ2) is 12.9. The van der Waals surface area contributed by atoms with Crippen LogP contribution < -0.4 is 21.3 Å². The molecule has 0 unspecified atom stereocenters. The van der Waals surface area contributed by atoms with Crippen LogP contribution in [0.15, 0.2) is 140 Å². The van der Waals surface area contributed by atoms with E-state index in [0.29, 0.717) is 12.6 Å². The molecule has 4 heteroatoms. The van der Waals surface area contributed by atoms with E-state index in [1.807, 2.05) is 12.5 Å². The summed E-state index contributed by atoms with van der Waals surface area (Å²) >= 11 is 0. The molecule has 0 aliphatic heterocycles. The van der Waals surface area contributed by atoms with Crippen molar-refractivity contribution in [1.29, 1.82) is 0 Å². The van der Waals surface area contributed by atoms with Gasteiger partial charge in [0.05, 0.1) is 6.33 Å². The molecule has 6 rings (SSSR count). The minimum atomic E-state index is -1.89. The molecule has 0 amide bonds. The van der Waals surface area contributed by atoms with Crippen LogP contribution in [0.4, 0.5) is 0 Å². The van der Waals surface area contributed by atoms with Crippen molar-refractivity contribution < 1.29 is 0 Å². The van der Waals surface area contributed by atoms with Gasteiger partial charge in [-0.2, -0.15) is 0 Å². The van der Waals surface area contributed by atoms with Gasteiger partial charge in [0.15, 0.2) is 0 Å². The Labute approximate surface area is 235 Å². The Hall–Kier alpha value is -3.63. The summed E-state index contributed by atoms with van der Waals surface area (Å²) in [6.07, 6.45) is 9.73. The number of aromatic nitrogens is 2. The SMILES string of the molecule is CC(C)C[Si](Cn1ccnc1)(c1ccccc1)c1ccccc1.c1ccc(B(c2ccccc2)C2CC2)cc1. The fourth-order valence-corrected chi connectivity index (χ4v) is 11.2. The Balaban J connectivity index is 0.000000168. The highest BCUT2D eigenvalue weighted by molar-refractivity contribution is 7.01. The van der Waals surface area contributed by atoms with E-state index in [4.69, 9.17) is 0 Å². The van der Waals surface area contributed by atoms with E-state index < -0.39 is 8.07 Å². The molecule has 39 heavy (non-hydrogen) atoms. The lowest BCUT2D eigenvalue weighted by atomic mass is 9.37. The van der Waals surface area contributed by atoms with Gasteiger partial charge in [0, 0.05) is 18.6 Å². The molecule has 1 aliphatic carbocycles. The van der Waals surface area contributed by atoms with Gasteiger partial charge in [0.1, 0.15) is 8.07 Å². The molecule has 4 aromatic carbocycles. The van der Waals surface area contributed by atoms with Gasteiger partial charge in [0.25, 0.3) is 0 Å². The molecule has 5 aromatic rings. The fraction of sp³-hybridized carbons (Fsp3) is 0.229. The molecular formula is C35H39BN2Si. The van der Waals surface area contributed by atoms with Crippen molar-refractivity contribution in [2.75, 3.05) is 0 Å². The van der Waals surface area contributed by atoms with Gasteiger partial charge in [-0.1, -0.05) is 175 Å². The van der Waals surface area contributed by atoms with Crippen LogP contribution in [0, 0.1) is 5.92 Å². The molecule has 1 aromatic heterocycles. The average Bonchev–Trinajstić information content (AvgIpc) is 3.69. The zero-order chi connectivity index (χ0) is 26.9. The largest absolute Gasteiger partial charge is 0.340 e. The first-order valence-corrected chi connectivity index (χ1v) is 16.7. The topological polar surface area (TPSA) is 17.8 Å². The van der Waals surface area contributed by atoms with Gasteiger partial charge >= 0.3 is 0 Å². The van der Waals surface area contributed by atoms with Crippen molar-refractivity contribution >= 4 is 36.1 Å². The third kappa shape index (κ3) is 6.88. The molecule has 0 atom stereocenters. The summed E-state index contributed by atoms with van der Waals surface area (Å²) in [5.41, 5.74) is 2.94. The number of rotatable bonds is 9. The standard InChI is InChI=1S/C20H24N2Si.C15H15B/c1-18(2)15-23(17-22-14-13-21-16-22,19-9-5-3-6-10-19)20-11-7-4-8-12-20;1-3-7-13(8-4-1)16(15-11-12-15)14-9-5-2-6-10-14/h3-14,16,18H,15,17H2,1-2H3;1-10,15H,11-12H2. The van der Waals surface area contributed by atoms with Gasteiger partial charge in [-0.05, 0) is 12.0 Å². The number of benzene rings is 4. The molecule has 0 radical (unpaired) electrons. The van der Waals surface area contributed by atoms with Gasteiger partial charge < -0.3 is 4.57 Å². The maximum atomic E-state index is 4.26. The molecule has 0 spiro atoms. The zero-order valence-corrected chi connectivity index (χ0v) is 24.2. The maximum absolute atomic E-state index is 4.26. The third-order valence-electron chi connectivity index (χ3n) is 7.83. The van der Waals surface area contributed by atoms with E-state index >= 15 is 0 Å². The minimum absolute atomic E-state index is 0.613. The van der Waals surface area contributed by atoms with Crippen LogP contribution in [0.1, 0.15) is 26.7 Å². The second-order valence-corrected chi connectivity index (χ2v) is 15.3. The summed E-state index contributed by atoms with van der Waals surface area (Å²) in [4.78, 5) is 4.26. The maximum Gasteiger partial charge on any atom is 0.212 e. The summed E-state index contributed by atoms with van der Waals surface area (Å²) in [7, 11) is -1.89. The molecule has 2 nitrogen and oxygen atoms in total. The second-order valence-electron chi connectivity index (χ2n) is 11.3. The molecule has 0 saturated heterocycles. The number of hydrogen-bond acceptors (Lipinski definition) is 1. The summed E-state index contributed by atoms with van der Waals surface area (Å²) in [5, 5.41) is 3.02. The summed E-state index contributed by atoms with van der Waals surface area (Å²) in [5.74, 6) is 1.52. The molecule has 1 heterocycles. The normalized spacial score (nSPS) is 13.0. The Morgan fingerprint density at radius 3 is 1.56 bits per heavy atom. The summed E-state index contributed by atoms with van der Waals surface area (Å²) in [6, 6.07) is 45.2. The van der Waals surface area contributed by atoms with Crippen molar-refractivity contribution in [2.24, 2.45) is 5.92 Å². The van der Waals surface area contributed by atoms with Crippen LogP contribution in [0.25, 0.3) is 0 Å². The van der Waals surface area contributed by atoms with E-state index in [9.17, 15) is 0 Å². The predicted molar refractivity (Wildman–Crippen MR) is 171 cm³/mol. The van der Waals surface area contributed by atoms with E-state index in [-0.39, 0.29) is 0 Å². The van der Waals surface area contributed by atoms with Crippen LogP contribution in [0.2, 0.25) is 11.9 Å². The third-order valence-corrected chi connectivity index (χ3v) is 13.1. The van der Waals surface area contributed by atoms with Crippen molar-refractivity contribution in [2.45, 2.75) is 44.7 Å². The number of nitrogens with zero attached hydrogens (tertiary/aromatic N) is 2. The molecule has 1 fully saturated rings. The van der Waals surface area contributed by atoms with Crippen molar-refractivity contribution in [3.63, 3.8) is 0 Å².